The van der Waals surface area contributed by atoms with Crippen LogP contribution in [-0.2, 0) is 10.2 Å². The third-order valence-corrected chi connectivity index (χ3v) is 5.34. The Kier molecular flexibility index (Phi) is 2.69. The number of rotatable bonds is 3. The zero-order chi connectivity index (χ0) is 11.9. The highest BCUT2D eigenvalue weighted by molar-refractivity contribution is 7.09. The van der Waals surface area contributed by atoms with Gasteiger partial charge in [0.1, 0.15) is 5.41 Å². The predicted molar refractivity (Wildman–Crippen MR) is 66.5 cm³/mol. The number of carbonyl (C=O) groups is 1. The standard InChI is InChI=1S/C13H17NO2S/c15-12(16)13(6-3-7-13)10-8-17-11(14-10)9-4-1-2-5-9/h8-9H,1-7H2,(H,15,16). The van der Waals surface area contributed by atoms with Gasteiger partial charge in [-0.15, -0.1) is 11.3 Å². The first kappa shape index (κ1) is 11.2. The molecule has 0 atom stereocenters. The Balaban J connectivity index is 1.86. The van der Waals surface area contributed by atoms with Gasteiger partial charge in [0.05, 0.1) is 10.7 Å². The lowest BCUT2D eigenvalue weighted by Gasteiger charge is -2.36. The minimum absolute atomic E-state index is 0.597. The quantitative estimate of drug-likeness (QED) is 0.896. The Hall–Kier alpha value is -0.900. The van der Waals surface area contributed by atoms with E-state index in [-0.39, 0.29) is 0 Å². The molecule has 92 valence electrons. The Labute approximate surface area is 105 Å². The van der Waals surface area contributed by atoms with Crippen LogP contribution in [0.1, 0.15) is 61.6 Å². The number of carboxylic acid groups (broad SMARTS) is 1. The summed E-state index contributed by atoms with van der Waals surface area (Å²) in [4.78, 5) is 16.0. The van der Waals surface area contributed by atoms with Crippen molar-refractivity contribution >= 4 is 17.3 Å². The normalized spacial score (nSPS) is 23.5. The maximum absolute atomic E-state index is 11.4. The van der Waals surface area contributed by atoms with Crippen LogP contribution in [-0.4, -0.2) is 16.1 Å². The number of hydrogen-bond acceptors (Lipinski definition) is 3. The highest BCUT2D eigenvalue weighted by Gasteiger charge is 2.48. The third-order valence-electron chi connectivity index (χ3n) is 4.33. The summed E-state index contributed by atoms with van der Waals surface area (Å²) in [5.41, 5.74) is 0.177. The number of carboxylic acids is 1. The fourth-order valence-corrected chi connectivity index (χ4v) is 4.07. The molecule has 0 saturated heterocycles. The van der Waals surface area contributed by atoms with Crippen LogP contribution in [0.15, 0.2) is 5.38 Å². The summed E-state index contributed by atoms with van der Waals surface area (Å²) in [7, 11) is 0. The van der Waals surface area contributed by atoms with Gasteiger partial charge in [-0.25, -0.2) is 4.98 Å². The van der Waals surface area contributed by atoms with Crippen molar-refractivity contribution in [2.45, 2.75) is 56.3 Å². The van der Waals surface area contributed by atoms with Crippen LogP contribution < -0.4 is 0 Å². The summed E-state index contributed by atoms with van der Waals surface area (Å²) in [6, 6.07) is 0. The molecule has 0 radical (unpaired) electrons. The molecule has 0 spiro atoms. The number of nitrogens with zero attached hydrogens (tertiary/aromatic N) is 1. The van der Waals surface area contributed by atoms with E-state index in [2.05, 4.69) is 4.98 Å². The first-order valence-corrected chi connectivity index (χ1v) is 7.30. The van der Waals surface area contributed by atoms with Crippen molar-refractivity contribution in [1.29, 1.82) is 0 Å². The molecule has 0 aliphatic heterocycles. The highest BCUT2D eigenvalue weighted by Crippen LogP contribution is 2.45. The summed E-state index contributed by atoms with van der Waals surface area (Å²) < 4.78 is 0. The molecule has 2 aliphatic carbocycles. The molecule has 0 amide bonds. The number of thiazole rings is 1. The molecule has 2 fully saturated rings. The van der Waals surface area contributed by atoms with Crippen molar-refractivity contribution in [1.82, 2.24) is 4.98 Å². The molecule has 2 saturated carbocycles. The summed E-state index contributed by atoms with van der Waals surface area (Å²) in [6.45, 7) is 0. The van der Waals surface area contributed by atoms with E-state index < -0.39 is 11.4 Å². The van der Waals surface area contributed by atoms with E-state index >= 15 is 0 Å². The number of aliphatic carboxylic acids is 1. The van der Waals surface area contributed by atoms with E-state index in [9.17, 15) is 9.90 Å². The summed E-state index contributed by atoms with van der Waals surface area (Å²) in [6.07, 6.45) is 7.59. The second-order valence-electron chi connectivity index (χ2n) is 5.29. The number of aromatic nitrogens is 1. The molecule has 1 aromatic heterocycles. The molecule has 0 unspecified atom stereocenters. The van der Waals surface area contributed by atoms with E-state index in [4.69, 9.17) is 0 Å². The third kappa shape index (κ3) is 1.69. The van der Waals surface area contributed by atoms with Crippen molar-refractivity contribution in [2.24, 2.45) is 0 Å². The lowest BCUT2D eigenvalue weighted by molar-refractivity contribution is -0.147. The first-order chi connectivity index (χ1) is 8.22. The molecule has 4 heteroatoms. The SMILES string of the molecule is O=C(O)C1(c2csc(C3CCCC3)n2)CCC1. The van der Waals surface area contributed by atoms with Gasteiger partial charge in [-0.2, -0.15) is 0 Å². The minimum atomic E-state index is -0.688. The molecular formula is C13H17NO2S. The molecule has 1 N–H and O–H groups in total. The van der Waals surface area contributed by atoms with Gasteiger partial charge in [0.2, 0.25) is 0 Å². The first-order valence-electron chi connectivity index (χ1n) is 6.42. The smallest absolute Gasteiger partial charge is 0.315 e. The van der Waals surface area contributed by atoms with Crippen LogP contribution in [0.4, 0.5) is 0 Å². The van der Waals surface area contributed by atoms with Gasteiger partial charge < -0.3 is 5.11 Å². The number of hydrogen-bond donors (Lipinski definition) is 1. The Morgan fingerprint density at radius 2 is 2.06 bits per heavy atom. The average Bonchev–Trinajstić information content (AvgIpc) is 2.83. The average molecular weight is 251 g/mol. The van der Waals surface area contributed by atoms with Gasteiger partial charge in [-0.3, -0.25) is 4.79 Å². The van der Waals surface area contributed by atoms with Crippen molar-refractivity contribution in [2.75, 3.05) is 0 Å². The second-order valence-corrected chi connectivity index (χ2v) is 6.18. The van der Waals surface area contributed by atoms with E-state index in [0.29, 0.717) is 5.92 Å². The van der Waals surface area contributed by atoms with E-state index in [1.165, 1.54) is 30.7 Å². The molecule has 1 aromatic rings. The zero-order valence-corrected chi connectivity index (χ0v) is 10.6. The van der Waals surface area contributed by atoms with E-state index in [1.807, 2.05) is 5.38 Å². The van der Waals surface area contributed by atoms with Gasteiger partial charge in [-0.1, -0.05) is 19.3 Å². The lowest BCUT2D eigenvalue weighted by Crippen LogP contribution is -2.42. The molecule has 1 heterocycles. The van der Waals surface area contributed by atoms with Gasteiger partial charge in [-0.05, 0) is 25.7 Å². The molecular weight excluding hydrogens is 234 g/mol. The van der Waals surface area contributed by atoms with Crippen molar-refractivity contribution < 1.29 is 9.90 Å². The Morgan fingerprint density at radius 1 is 1.35 bits per heavy atom. The topological polar surface area (TPSA) is 50.2 Å². The zero-order valence-electron chi connectivity index (χ0n) is 9.82. The molecule has 0 aromatic carbocycles. The van der Waals surface area contributed by atoms with Gasteiger partial charge >= 0.3 is 5.97 Å². The minimum Gasteiger partial charge on any atom is -0.481 e. The molecule has 3 nitrogen and oxygen atoms in total. The summed E-state index contributed by atoms with van der Waals surface area (Å²) in [5.74, 6) is -0.0910. The van der Waals surface area contributed by atoms with E-state index in [0.717, 1.165) is 25.0 Å². The van der Waals surface area contributed by atoms with Crippen LogP contribution in [0, 0.1) is 0 Å². The largest absolute Gasteiger partial charge is 0.481 e. The van der Waals surface area contributed by atoms with Crippen LogP contribution in [0.5, 0.6) is 0 Å². The Bertz CT molecular complexity index is 430. The van der Waals surface area contributed by atoms with Gasteiger partial charge in [0, 0.05) is 11.3 Å². The summed E-state index contributed by atoms with van der Waals surface area (Å²) >= 11 is 1.67. The fourth-order valence-electron chi connectivity index (χ4n) is 2.98. The lowest BCUT2D eigenvalue weighted by atomic mass is 9.67. The van der Waals surface area contributed by atoms with Gasteiger partial charge in [0.15, 0.2) is 0 Å². The maximum atomic E-state index is 11.4. The van der Waals surface area contributed by atoms with Crippen molar-refractivity contribution in [3.8, 4) is 0 Å². The van der Waals surface area contributed by atoms with Crippen molar-refractivity contribution in [3.63, 3.8) is 0 Å². The molecule has 3 rings (SSSR count). The van der Waals surface area contributed by atoms with Crippen LogP contribution in [0.2, 0.25) is 0 Å². The van der Waals surface area contributed by atoms with Crippen LogP contribution in [0.3, 0.4) is 0 Å². The van der Waals surface area contributed by atoms with Crippen molar-refractivity contribution in [3.05, 3.63) is 16.1 Å². The van der Waals surface area contributed by atoms with Crippen LogP contribution in [0.25, 0.3) is 0 Å². The van der Waals surface area contributed by atoms with Crippen LogP contribution >= 0.6 is 11.3 Å². The monoisotopic (exact) mass is 251 g/mol. The highest BCUT2D eigenvalue weighted by atomic mass is 32.1. The van der Waals surface area contributed by atoms with Gasteiger partial charge in [0.25, 0.3) is 0 Å². The Morgan fingerprint density at radius 3 is 2.59 bits per heavy atom. The summed E-state index contributed by atoms with van der Waals surface area (Å²) in [5, 5.41) is 12.5. The van der Waals surface area contributed by atoms with E-state index in [1.54, 1.807) is 11.3 Å². The molecule has 2 aliphatic rings. The predicted octanol–water partition coefficient (Wildman–Crippen LogP) is 3.31. The second kappa shape index (κ2) is 4.09. The fraction of sp³-hybridized carbons (Fsp3) is 0.692. The maximum Gasteiger partial charge on any atom is 0.315 e. The molecule has 17 heavy (non-hydrogen) atoms. The molecule has 0 bridgehead atoms.